The van der Waals surface area contributed by atoms with E-state index in [9.17, 15) is 39.0 Å². The number of aromatic amines is 2. The first-order valence-corrected chi connectivity index (χ1v) is 16.5. The number of benzene rings is 3. The Labute approximate surface area is 297 Å². The highest BCUT2D eigenvalue weighted by Gasteiger charge is 2.35. The lowest BCUT2D eigenvalue weighted by Crippen LogP contribution is -2.59. The summed E-state index contributed by atoms with van der Waals surface area (Å²) >= 11 is 0. The van der Waals surface area contributed by atoms with Gasteiger partial charge in [-0.3, -0.25) is 28.8 Å². The molecule has 0 fully saturated rings. The summed E-state index contributed by atoms with van der Waals surface area (Å²) in [6, 6.07) is 18.3. The third kappa shape index (κ3) is 9.00. The van der Waals surface area contributed by atoms with Gasteiger partial charge in [-0.1, -0.05) is 66.7 Å². The number of nitrogens with one attached hydrogen (secondary N) is 5. The molecule has 2 aromatic heterocycles. The van der Waals surface area contributed by atoms with E-state index < -0.39 is 72.1 Å². The molecule has 0 aliphatic rings. The highest BCUT2D eigenvalue weighted by molar-refractivity contribution is 5.97. The lowest BCUT2D eigenvalue weighted by atomic mass is 9.98. The average Bonchev–Trinajstić information content (AvgIpc) is 3.73. The number of carboxylic acid groups (broad SMARTS) is 2. The predicted octanol–water partition coefficient (Wildman–Crippen LogP) is 1.12. The fourth-order valence-corrected chi connectivity index (χ4v) is 6.03. The molecule has 11 N–H and O–H groups in total. The topological polar surface area (TPSA) is 263 Å². The monoisotopic (exact) mass is 709 g/mol. The number of primary amides is 1. The number of amides is 4. The van der Waals surface area contributed by atoms with Crippen molar-refractivity contribution in [1.82, 2.24) is 25.9 Å². The van der Waals surface area contributed by atoms with Crippen molar-refractivity contribution in [3.8, 4) is 0 Å². The molecule has 15 heteroatoms. The molecule has 4 atom stereocenters. The van der Waals surface area contributed by atoms with Crippen molar-refractivity contribution in [2.24, 2.45) is 17.4 Å². The zero-order valence-corrected chi connectivity index (χ0v) is 27.9. The van der Waals surface area contributed by atoms with Crippen LogP contribution in [0.4, 0.5) is 0 Å². The maximum Gasteiger partial charge on any atom is 0.317 e. The predicted molar refractivity (Wildman–Crippen MR) is 190 cm³/mol. The van der Waals surface area contributed by atoms with Crippen LogP contribution in [0.1, 0.15) is 23.1 Å². The van der Waals surface area contributed by atoms with Crippen molar-refractivity contribution in [3.63, 3.8) is 0 Å². The Morgan fingerprint density at radius 3 is 1.60 bits per heavy atom. The van der Waals surface area contributed by atoms with Crippen LogP contribution in [0.25, 0.3) is 21.8 Å². The van der Waals surface area contributed by atoms with Gasteiger partial charge in [-0.25, -0.2) is 0 Å². The molecule has 0 spiro atoms. The number of carbonyl (C=O) groups is 6. The number of hydrogen-bond acceptors (Lipinski definition) is 7. The number of fused-ring (bicyclic) bond motifs is 2. The Balaban J connectivity index is 1.40. The Bertz CT molecular complexity index is 2080. The molecule has 2 heterocycles. The molecule has 0 unspecified atom stereocenters. The number of para-hydroxylation sites is 2. The van der Waals surface area contributed by atoms with Gasteiger partial charge in [0.2, 0.25) is 23.6 Å². The Morgan fingerprint density at radius 1 is 0.596 bits per heavy atom. The van der Waals surface area contributed by atoms with Gasteiger partial charge in [-0.2, -0.15) is 0 Å². The minimum absolute atomic E-state index is 0.0302. The van der Waals surface area contributed by atoms with Gasteiger partial charge < -0.3 is 47.6 Å². The molecule has 5 aromatic rings. The van der Waals surface area contributed by atoms with Gasteiger partial charge in [0.15, 0.2) is 5.92 Å². The minimum atomic E-state index is -2.04. The molecule has 0 saturated heterocycles. The summed E-state index contributed by atoms with van der Waals surface area (Å²) in [5.74, 6) is -8.95. The number of H-pyrrole nitrogens is 2. The fraction of sp³-hybridized carbons (Fsp3) is 0.243. The molecule has 52 heavy (non-hydrogen) atoms. The van der Waals surface area contributed by atoms with Crippen molar-refractivity contribution in [2.45, 2.75) is 49.9 Å². The minimum Gasteiger partial charge on any atom is -0.481 e. The van der Waals surface area contributed by atoms with E-state index >= 15 is 0 Å². The Morgan fingerprint density at radius 2 is 1.06 bits per heavy atom. The summed E-state index contributed by atoms with van der Waals surface area (Å²) in [6.45, 7) is 0. The lowest BCUT2D eigenvalue weighted by Gasteiger charge is -2.26. The zero-order chi connectivity index (χ0) is 37.4. The first-order valence-electron chi connectivity index (χ1n) is 16.5. The first kappa shape index (κ1) is 36.8. The van der Waals surface area contributed by atoms with Crippen LogP contribution < -0.4 is 27.4 Å². The lowest BCUT2D eigenvalue weighted by molar-refractivity contribution is -0.155. The number of rotatable bonds is 17. The summed E-state index contributed by atoms with van der Waals surface area (Å²) in [4.78, 5) is 83.1. The van der Waals surface area contributed by atoms with Gasteiger partial charge in [0.1, 0.15) is 18.1 Å². The van der Waals surface area contributed by atoms with E-state index in [2.05, 4.69) is 25.9 Å². The molecule has 4 amide bonds. The number of carboxylic acids is 2. The molecule has 3 aromatic carbocycles. The van der Waals surface area contributed by atoms with E-state index in [1.54, 1.807) is 48.8 Å². The average molecular weight is 710 g/mol. The van der Waals surface area contributed by atoms with Crippen LogP contribution in [0, 0.1) is 5.92 Å². The zero-order valence-electron chi connectivity index (χ0n) is 27.9. The van der Waals surface area contributed by atoms with Gasteiger partial charge in [0.05, 0.1) is 6.04 Å². The Hall–Kier alpha value is -6.48. The summed E-state index contributed by atoms with van der Waals surface area (Å²) in [7, 11) is 0. The molecule has 0 radical (unpaired) electrons. The van der Waals surface area contributed by atoms with Crippen LogP contribution >= 0.6 is 0 Å². The summed E-state index contributed by atoms with van der Waals surface area (Å²) in [6.07, 6.45) is 2.68. The van der Waals surface area contributed by atoms with Crippen LogP contribution in [0.2, 0.25) is 0 Å². The second-order valence-corrected chi connectivity index (χ2v) is 12.5. The molecular weight excluding hydrogens is 670 g/mol. The smallest absolute Gasteiger partial charge is 0.317 e. The van der Waals surface area contributed by atoms with E-state index in [0.717, 1.165) is 27.4 Å². The molecule has 0 aliphatic heterocycles. The van der Waals surface area contributed by atoms with Gasteiger partial charge in [-0.15, -0.1) is 0 Å². The van der Waals surface area contributed by atoms with E-state index in [4.69, 9.17) is 11.5 Å². The third-order valence-electron chi connectivity index (χ3n) is 8.83. The van der Waals surface area contributed by atoms with Crippen molar-refractivity contribution in [1.29, 1.82) is 0 Å². The van der Waals surface area contributed by atoms with Gasteiger partial charge >= 0.3 is 11.9 Å². The maximum absolute atomic E-state index is 14.1. The third-order valence-corrected chi connectivity index (χ3v) is 8.83. The van der Waals surface area contributed by atoms with Crippen LogP contribution in [-0.2, 0) is 48.0 Å². The maximum atomic E-state index is 14.1. The molecule has 0 saturated carbocycles. The van der Waals surface area contributed by atoms with Crippen LogP contribution in [0.5, 0.6) is 0 Å². The Kier molecular flexibility index (Phi) is 11.7. The van der Waals surface area contributed by atoms with Crippen molar-refractivity contribution in [2.75, 3.05) is 0 Å². The van der Waals surface area contributed by atoms with Crippen LogP contribution in [0.15, 0.2) is 91.3 Å². The number of aliphatic carboxylic acids is 2. The summed E-state index contributed by atoms with van der Waals surface area (Å²) in [5, 5.41) is 28.1. The van der Waals surface area contributed by atoms with Gasteiger partial charge in [-0.05, 0) is 35.2 Å². The quantitative estimate of drug-likeness (QED) is 0.0626. The number of carbonyl (C=O) groups excluding carboxylic acids is 4. The molecular formula is C37H39N7O8. The molecule has 0 aliphatic carbocycles. The van der Waals surface area contributed by atoms with E-state index in [0.29, 0.717) is 11.1 Å². The molecule has 270 valence electrons. The van der Waals surface area contributed by atoms with Crippen molar-refractivity contribution >= 4 is 57.4 Å². The summed E-state index contributed by atoms with van der Waals surface area (Å²) in [5.41, 5.74) is 15.6. The normalized spacial score (nSPS) is 13.6. The van der Waals surface area contributed by atoms with Gasteiger partial charge in [0.25, 0.3) is 0 Å². The van der Waals surface area contributed by atoms with Crippen LogP contribution in [-0.4, -0.2) is 79.9 Å². The molecule has 5 rings (SSSR count). The van der Waals surface area contributed by atoms with E-state index in [-0.39, 0.29) is 19.3 Å². The standard InChI is InChI=1S/C37H39N7O8/c38-26(15-21-18-40-27-12-6-4-10-23(21)27)33(46)43-30(14-20-8-2-1-3-9-20)34(47)44-31(16-22-19-41-28-13-7-5-11-24(22)28)35(48)42-29(32(39)45)17-25(36(49)50)37(51)52/h1-13,18-19,25-26,29-31,40-41H,14-17,38H2,(H2,39,45)(H,42,48)(H,43,46)(H,44,47)(H,49,50)(H,51,52)/t26-,29+,30-,31-/m1/s1. The summed E-state index contributed by atoms with van der Waals surface area (Å²) < 4.78 is 0. The number of aromatic nitrogens is 2. The number of hydrogen-bond donors (Lipinski definition) is 9. The van der Waals surface area contributed by atoms with Crippen molar-refractivity contribution < 1.29 is 39.0 Å². The first-order chi connectivity index (χ1) is 24.9. The fourth-order valence-electron chi connectivity index (χ4n) is 6.03. The van der Waals surface area contributed by atoms with Crippen LogP contribution in [0.3, 0.4) is 0 Å². The number of nitrogens with two attached hydrogens (primary N) is 2. The molecule has 0 bridgehead atoms. The second-order valence-electron chi connectivity index (χ2n) is 12.5. The highest BCUT2D eigenvalue weighted by Crippen LogP contribution is 2.21. The van der Waals surface area contributed by atoms with E-state index in [1.807, 2.05) is 42.5 Å². The second kappa shape index (κ2) is 16.5. The van der Waals surface area contributed by atoms with Gasteiger partial charge in [0, 0.05) is 53.5 Å². The molecule has 15 nitrogen and oxygen atoms in total. The van der Waals surface area contributed by atoms with Crippen molar-refractivity contribution in [3.05, 3.63) is 108 Å². The SMILES string of the molecule is NC(=O)[C@H](CC(C(=O)O)C(=O)O)NC(=O)[C@@H](Cc1c[nH]c2ccccc12)NC(=O)[C@@H](Cc1ccccc1)NC(=O)[C@H](N)Cc1c[nH]c2ccccc12. The van der Waals surface area contributed by atoms with E-state index in [1.165, 1.54) is 0 Å². The largest absolute Gasteiger partial charge is 0.481 e. The highest BCUT2D eigenvalue weighted by atomic mass is 16.4.